The summed E-state index contributed by atoms with van der Waals surface area (Å²) >= 11 is 9.12. The van der Waals surface area contributed by atoms with Crippen molar-refractivity contribution in [3.8, 4) is 0 Å². The van der Waals surface area contributed by atoms with Gasteiger partial charge in [-0.25, -0.2) is 0 Å². The molecule has 1 saturated heterocycles. The zero-order valence-corrected chi connectivity index (χ0v) is 13.6. The molecule has 0 unspecified atom stereocenters. The predicted molar refractivity (Wildman–Crippen MR) is 79.6 cm³/mol. The Morgan fingerprint density at radius 1 is 1.29 bits per heavy atom. The van der Waals surface area contributed by atoms with Crippen molar-refractivity contribution in [2.75, 3.05) is 26.2 Å². The van der Waals surface area contributed by atoms with E-state index in [9.17, 15) is 0 Å². The number of rotatable bonds is 3. The molecule has 1 saturated carbocycles. The van der Waals surface area contributed by atoms with Crippen LogP contribution in [0.3, 0.4) is 0 Å². The molecule has 0 aromatic carbocycles. The quantitative estimate of drug-likeness (QED) is 0.862. The van der Waals surface area contributed by atoms with Crippen LogP contribution in [-0.4, -0.2) is 31.1 Å². The maximum absolute atomic E-state index is 3.62. The zero-order chi connectivity index (χ0) is 11.8. The van der Waals surface area contributed by atoms with Crippen molar-refractivity contribution < 1.29 is 0 Å². The van der Waals surface area contributed by atoms with Crippen molar-refractivity contribution >= 4 is 43.2 Å². The predicted octanol–water partition coefficient (Wildman–Crippen LogP) is 3.63. The van der Waals surface area contributed by atoms with Crippen LogP contribution in [0, 0.1) is 5.92 Å². The van der Waals surface area contributed by atoms with Crippen LogP contribution in [0.2, 0.25) is 0 Å². The summed E-state index contributed by atoms with van der Waals surface area (Å²) in [5.41, 5.74) is 0. The summed E-state index contributed by atoms with van der Waals surface area (Å²) in [6, 6.07) is 2.96. The van der Waals surface area contributed by atoms with Gasteiger partial charge in [-0.15, -0.1) is 11.3 Å². The number of nitrogens with one attached hydrogen (secondary N) is 1. The van der Waals surface area contributed by atoms with E-state index in [2.05, 4.69) is 48.1 Å². The average Bonchev–Trinajstić information content (AvgIpc) is 3.09. The molecule has 1 aliphatic heterocycles. The third-order valence-corrected chi connectivity index (χ3v) is 6.90. The second-order valence-corrected chi connectivity index (χ2v) is 8.09. The fourth-order valence-electron chi connectivity index (χ4n) is 2.59. The molecule has 0 amide bonds. The second kappa shape index (κ2) is 5.29. The molecule has 0 radical (unpaired) electrons. The zero-order valence-electron chi connectivity index (χ0n) is 9.59. The lowest BCUT2D eigenvalue weighted by molar-refractivity contribution is 0.158. The van der Waals surface area contributed by atoms with Crippen molar-refractivity contribution in [3.63, 3.8) is 0 Å². The number of hydrogen-bond donors (Lipinski definition) is 1. The van der Waals surface area contributed by atoms with Crippen molar-refractivity contribution in [2.45, 2.75) is 18.9 Å². The van der Waals surface area contributed by atoms with Gasteiger partial charge in [-0.3, -0.25) is 4.90 Å². The Morgan fingerprint density at radius 2 is 2.00 bits per heavy atom. The van der Waals surface area contributed by atoms with Crippen molar-refractivity contribution in [3.05, 3.63) is 19.2 Å². The van der Waals surface area contributed by atoms with Crippen molar-refractivity contribution in [2.24, 2.45) is 5.92 Å². The SMILES string of the molecule is Brc1cc([C@@H](C2CC2)N2CCNCC2)sc1Br. The first-order valence-electron chi connectivity index (χ1n) is 6.15. The fourth-order valence-corrected chi connectivity index (χ4v) is 4.91. The summed E-state index contributed by atoms with van der Waals surface area (Å²) < 4.78 is 2.44. The smallest absolute Gasteiger partial charge is 0.0843 e. The Kier molecular flexibility index (Phi) is 3.92. The molecule has 1 aromatic rings. The van der Waals surface area contributed by atoms with E-state index in [1.54, 1.807) is 0 Å². The molecule has 1 N–H and O–H groups in total. The minimum absolute atomic E-state index is 0.657. The Labute approximate surface area is 123 Å². The molecule has 94 valence electrons. The van der Waals surface area contributed by atoms with Crippen LogP contribution >= 0.6 is 43.2 Å². The van der Waals surface area contributed by atoms with Crippen LogP contribution in [0.5, 0.6) is 0 Å². The first kappa shape index (κ1) is 12.6. The van der Waals surface area contributed by atoms with E-state index in [-0.39, 0.29) is 0 Å². The molecular weight excluding hydrogens is 364 g/mol. The number of hydrogen-bond acceptors (Lipinski definition) is 3. The second-order valence-electron chi connectivity index (χ2n) is 4.84. The van der Waals surface area contributed by atoms with Gasteiger partial charge in [0.05, 0.1) is 3.79 Å². The number of nitrogens with zero attached hydrogens (tertiary/aromatic N) is 1. The van der Waals surface area contributed by atoms with E-state index in [0.29, 0.717) is 6.04 Å². The van der Waals surface area contributed by atoms with Gasteiger partial charge in [-0.1, -0.05) is 0 Å². The van der Waals surface area contributed by atoms with Crippen LogP contribution < -0.4 is 5.32 Å². The van der Waals surface area contributed by atoms with Gasteiger partial charge in [-0.05, 0) is 56.7 Å². The largest absolute Gasteiger partial charge is 0.314 e. The van der Waals surface area contributed by atoms with E-state index in [1.807, 2.05) is 11.3 Å². The van der Waals surface area contributed by atoms with Gasteiger partial charge in [0.2, 0.25) is 0 Å². The molecule has 2 nitrogen and oxygen atoms in total. The van der Waals surface area contributed by atoms with Gasteiger partial charge in [0.1, 0.15) is 0 Å². The summed E-state index contributed by atoms with van der Waals surface area (Å²) in [6.07, 6.45) is 2.81. The van der Waals surface area contributed by atoms with Crippen molar-refractivity contribution in [1.82, 2.24) is 10.2 Å². The lowest BCUT2D eigenvalue weighted by Gasteiger charge is -2.34. The molecular formula is C12H16Br2N2S. The van der Waals surface area contributed by atoms with E-state index in [1.165, 1.54) is 39.1 Å². The van der Waals surface area contributed by atoms with E-state index < -0.39 is 0 Å². The number of piperazine rings is 1. The standard InChI is InChI=1S/C12H16Br2N2S/c13-9-7-10(17-12(9)14)11(8-1-2-8)16-5-3-15-4-6-16/h7-8,11,15H,1-6H2/t11-/m1/s1. The molecule has 1 atom stereocenters. The highest BCUT2D eigenvalue weighted by Crippen LogP contribution is 2.48. The van der Waals surface area contributed by atoms with Crippen LogP contribution in [-0.2, 0) is 0 Å². The minimum Gasteiger partial charge on any atom is -0.314 e. The molecule has 1 aromatic heterocycles. The molecule has 2 fully saturated rings. The number of thiophene rings is 1. The van der Waals surface area contributed by atoms with E-state index in [0.717, 1.165) is 19.0 Å². The van der Waals surface area contributed by atoms with Gasteiger partial charge in [0.25, 0.3) is 0 Å². The molecule has 2 heterocycles. The van der Waals surface area contributed by atoms with Crippen molar-refractivity contribution in [1.29, 1.82) is 0 Å². The molecule has 5 heteroatoms. The highest BCUT2D eigenvalue weighted by molar-refractivity contribution is 9.13. The normalized spacial score (nSPS) is 23.9. The summed E-state index contributed by atoms with van der Waals surface area (Å²) in [5, 5.41) is 3.44. The average molecular weight is 380 g/mol. The Balaban J connectivity index is 1.83. The Morgan fingerprint density at radius 3 is 2.53 bits per heavy atom. The van der Waals surface area contributed by atoms with Crippen LogP contribution in [0.25, 0.3) is 0 Å². The first-order valence-corrected chi connectivity index (χ1v) is 8.55. The Bertz CT molecular complexity index is 378. The molecule has 1 aliphatic carbocycles. The van der Waals surface area contributed by atoms with Gasteiger partial charge >= 0.3 is 0 Å². The molecule has 2 aliphatic rings. The third kappa shape index (κ3) is 2.78. The monoisotopic (exact) mass is 378 g/mol. The molecule has 3 rings (SSSR count). The fraction of sp³-hybridized carbons (Fsp3) is 0.667. The van der Waals surface area contributed by atoms with Gasteiger partial charge < -0.3 is 5.32 Å². The van der Waals surface area contributed by atoms with Crippen LogP contribution in [0.4, 0.5) is 0 Å². The molecule has 17 heavy (non-hydrogen) atoms. The van der Waals surface area contributed by atoms with Crippen LogP contribution in [0.15, 0.2) is 14.3 Å². The highest BCUT2D eigenvalue weighted by atomic mass is 79.9. The van der Waals surface area contributed by atoms with E-state index >= 15 is 0 Å². The van der Waals surface area contributed by atoms with E-state index in [4.69, 9.17) is 0 Å². The maximum Gasteiger partial charge on any atom is 0.0843 e. The lowest BCUT2D eigenvalue weighted by atomic mass is 10.1. The Hall–Kier alpha value is 0.580. The van der Waals surface area contributed by atoms with Gasteiger partial charge in [0, 0.05) is 41.6 Å². The molecule has 0 spiro atoms. The minimum atomic E-state index is 0.657. The summed E-state index contributed by atoms with van der Waals surface area (Å²) in [6.45, 7) is 4.65. The maximum atomic E-state index is 3.62. The third-order valence-electron chi connectivity index (χ3n) is 3.57. The summed E-state index contributed by atoms with van der Waals surface area (Å²) in [4.78, 5) is 4.19. The van der Waals surface area contributed by atoms with Crippen LogP contribution in [0.1, 0.15) is 23.8 Å². The topological polar surface area (TPSA) is 15.3 Å². The highest BCUT2D eigenvalue weighted by Gasteiger charge is 2.37. The molecule has 0 bridgehead atoms. The van der Waals surface area contributed by atoms with Gasteiger partial charge in [0.15, 0.2) is 0 Å². The lowest BCUT2D eigenvalue weighted by Crippen LogP contribution is -2.45. The summed E-state index contributed by atoms with van der Waals surface area (Å²) in [5.74, 6) is 0.894. The first-order chi connectivity index (χ1) is 8.25. The van der Waals surface area contributed by atoms with Gasteiger partial charge in [-0.2, -0.15) is 0 Å². The summed E-state index contributed by atoms with van der Waals surface area (Å²) in [7, 11) is 0. The number of halogens is 2.